The smallest absolute Gasteiger partial charge is 0.0326 e. The van der Waals surface area contributed by atoms with Crippen LogP contribution in [-0.4, -0.2) is 0 Å². The molecule has 8 unspecified atom stereocenters. The molecular formula is C22H38. The SMILES string of the molecule is CCC1CCC2C3C[C@H]4CCCC[C@H]4C(C)C3C(C)C2C1C. The highest BCUT2D eigenvalue weighted by Crippen LogP contribution is 2.64. The second-order valence-electron chi connectivity index (χ2n) is 9.75. The van der Waals surface area contributed by atoms with Crippen LogP contribution in [0.1, 0.15) is 79.1 Å². The van der Waals surface area contributed by atoms with Crippen molar-refractivity contribution >= 4 is 0 Å². The lowest BCUT2D eigenvalue weighted by Crippen LogP contribution is -2.41. The summed E-state index contributed by atoms with van der Waals surface area (Å²) in [5.41, 5.74) is 0. The van der Waals surface area contributed by atoms with Gasteiger partial charge in [-0.1, -0.05) is 53.4 Å². The van der Waals surface area contributed by atoms with E-state index in [1.54, 1.807) is 25.7 Å². The second-order valence-corrected chi connectivity index (χ2v) is 9.75. The van der Waals surface area contributed by atoms with Crippen molar-refractivity contribution in [3.63, 3.8) is 0 Å². The Bertz CT molecular complexity index is 399. The summed E-state index contributed by atoms with van der Waals surface area (Å²) in [6.07, 6.45) is 12.3. The molecule has 0 saturated heterocycles. The van der Waals surface area contributed by atoms with Crippen LogP contribution < -0.4 is 0 Å². The van der Waals surface area contributed by atoms with Crippen LogP contribution in [0, 0.1) is 59.2 Å². The van der Waals surface area contributed by atoms with Gasteiger partial charge in [0.05, 0.1) is 0 Å². The van der Waals surface area contributed by atoms with E-state index in [1.807, 2.05) is 0 Å². The molecule has 22 heavy (non-hydrogen) atoms. The van der Waals surface area contributed by atoms with Crippen LogP contribution in [0.2, 0.25) is 0 Å². The summed E-state index contributed by atoms with van der Waals surface area (Å²) in [6, 6.07) is 0. The minimum Gasteiger partial charge on any atom is -0.0651 e. The van der Waals surface area contributed by atoms with Gasteiger partial charge in [0.25, 0.3) is 0 Å². The molecule has 126 valence electrons. The van der Waals surface area contributed by atoms with Crippen molar-refractivity contribution in [2.75, 3.05) is 0 Å². The highest BCUT2D eigenvalue weighted by molar-refractivity contribution is 5.06. The highest BCUT2D eigenvalue weighted by atomic mass is 14.6. The first kappa shape index (κ1) is 15.5. The molecule has 0 aliphatic heterocycles. The van der Waals surface area contributed by atoms with Gasteiger partial charge >= 0.3 is 0 Å². The first-order valence-corrected chi connectivity index (χ1v) is 10.6. The predicted octanol–water partition coefficient (Wildman–Crippen LogP) is 6.40. The summed E-state index contributed by atoms with van der Waals surface area (Å²) in [7, 11) is 0. The molecule has 4 saturated carbocycles. The average Bonchev–Trinajstić information content (AvgIpc) is 2.82. The van der Waals surface area contributed by atoms with Crippen LogP contribution in [-0.2, 0) is 0 Å². The molecule has 0 aromatic carbocycles. The zero-order chi connectivity index (χ0) is 15.4. The van der Waals surface area contributed by atoms with Crippen molar-refractivity contribution in [3.05, 3.63) is 0 Å². The van der Waals surface area contributed by atoms with E-state index in [1.165, 1.54) is 25.7 Å². The maximum absolute atomic E-state index is 2.66. The van der Waals surface area contributed by atoms with Gasteiger partial charge in [-0.3, -0.25) is 0 Å². The number of rotatable bonds is 1. The maximum Gasteiger partial charge on any atom is -0.0326 e. The van der Waals surface area contributed by atoms with Crippen LogP contribution >= 0.6 is 0 Å². The molecule has 0 aromatic rings. The standard InChI is InChI=1S/C22H38/c1-5-16-10-11-19-20-12-17-8-6-7-9-18(17)14(3)22(20)15(4)21(19)13(16)2/h13-22H,5-12H2,1-4H3/t13?,14?,15?,16?,17-,18+,19?,20?,21?,22?/m1/s1. The Balaban J connectivity index is 1.61. The molecular weight excluding hydrogens is 264 g/mol. The van der Waals surface area contributed by atoms with E-state index >= 15 is 0 Å². The molecule has 0 bridgehead atoms. The Hall–Kier alpha value is 0. The quantitative estimate of drug-likeness (QED) is 0.525. The molecule has 0 aromatic heterocycles. The van der Waals surface area contributed by atoms with E-state index in [4.69, 9.17) is 0 Å². The van der Waals surface area contributed by atoms with Crippen molar-refractivity contribution in [1.29, 1.82) is 0 Å². The molecule has 4 rings (SSSR count). The van der Waals surface area contributed by atoms with Gasteiger partial charge in [0, 0.05) is 0 Å². The Morgan fingerprint density at radius 2 is 1.41 bits per heavy atom. The fraction of sp³-hybridized carbons (Fsp3) is 1.00. The van der Waals surface area contributed by atoms with E-state index in [9.17, 15) is 0 Å². The van der Waals surface area contributed by atoms with Gasteiger partial charge in [-0.2, -0.15) is 0 Å². The van der Waals surface area contributed by atoms with Crippen molar-refractivity contribution in [1.82, 2.24) is 0 Å². The highest BCUT2D eigenvalue weighted by Gasteiger charge is 2.57. The minimum absolute atomic E-state index is 0.999. The van der Waals surface area contributed by atoms with Crippen molar-refractivity contribution in [2.45, 2.75) is 79.1 Å². The summed E-state index contributed by atoms with van der Waals surface area (Å²) >= 11 is 0. The van der Waals surface area contributed by atoms with Crippen molar-refractivity contribution in [3.8, 4) is 0 Å². The molecule has 0 heterocycles. The average molecular weight is 303 g/mol. The fourth-order valence-electron chi connectivity index (χ4n) is 8.50. The van der Waals surface area contributed by atoms with E-state index in [0.29, 0.717) is 0 Å². The third-order valence-corrected chi connectivity index (χ3v) is 9.32. The molecule has 10 atom stereocenters. The minimum atomic E-state index is 0.999. The molecule has 0 radical (unpaired) electrons. The largest absolute Gasteiger partial charge is 0.0651 e. The van der Waals surface area contributed by atoms with Gasteiger partial charge in [-0.25, -0.2) is 0 Å². The first-order chi connectivity index (χ1) is 10.6. The van der Waals surface area contributed by atoms with Gasteiger partial charge in [0.2, 0.25) is 0 Å². The maximum atomic E-state index is 2.66. The molecule has 4 aliphatic carbocycles. The Morgan fingerprint density at radius 3 is 2.18 bits per heavy atom. The molecule has 0 nitrogen and oxygen atoms in total. The Morgan fingerprint density at radius 1 is 0.682 bits per heavy atom. The molecule has 0 N–H and O–H groups in total. The lowest BCUT2D eigenvalue weighted by molar-refractivity contribution is 0.00780. The molecule has 4 fully saturated rings. The zero-order valence-electron chi connectivity index (χ0n) is 15.4. The van der Waals surface area contributed by atoms with E-state index in [-0.39, 0.29) is 0 Å². The van der Waals surface area contributed by atoms with E-state index in [0.717, 1.165) is 59.2 Å². The summed E-state index contributed by atoms with van der Waals surface area (Å²) in [5, 5.41) is 0. The van der Waals surface area contributed by atoms with Crippen LogP contribution in [0.5, 0.6) is 0 Å². The summed E-state index contributed by atoms with van der Waals surface area (Å²) < 4.78 is 0. The van der Waals surface area contributed by atoms with Crippen LogP contribution in [0.15, 0.2) is 0 Å². The van der Waals surface area contributed by atoms with Gasteiger partial charge in [0.1, 0.15) is 0 Å². The number of fused-ring (bicyclic) bond motifs is 4. The topological polar surface area (TPSA) is 0 Å². The third-order valence-electron chi connectivity index (χ3n) is 9.32. The molecule has 0 amide bonds. The Kier molecular flexibility index (Phi) is 4.10. The lowest BCUT2D eigenvalue weighted by atomic mass is 9.57. The number of hydrogen-bond donors (Lipinski definition) is 0. The van der Waals surface area contributed by atoms with E-state index in [2.05, 4.69) is 27.7 Å². The monoisotopic (exact) mass is 302 g/mol. The molecule has 0 spiro atoms. The van der Waals surface area contributed by atoms with Gasteiger partial charge in [-0.15, -0.1) is 0 Å². The normalized spacial score (nSPS) is 57.8. The van der Waals surface area contributed by atoms with E-state index < -0.39 is 0 Å². The number of hydrogen-bond acceptors (Lipinski definition) is 0. The fourth-order valence-corrected chi connectivity index (χ4v) is 8.50. The zero-order valence-corrected chi connectivity index (χ0v) is 15.4. The van der Waals surface area contributed by atoms with Crippen LogP contribution in [0.4, 0.5) is 0 Å². The first-order valence-electron chi connectivity index (χ1n) is 10.6. The van der Waals surface area contributed by atoms with Crippen molar-refractivity contribution in [2.24, 2.45) is 59.2 Å². The summed E-state index contributed by atoms with van der Waals surface area (Å²) in [5.74, 6) is 10.6. The van der Waals surface area contributed by atoms with Gasteiger partial charge < -0.3 is 0 Å². The van der Waals surface area contributed by atoms with Gasteiger partial charge in [0.15, 0.2) is 0 Å². The lowest BCUT2D eigenvalue weighted by Gasteiger charge is -2.48. The molecule has 0 heteroatoms. The van der Waals surface area contributed by atoms with Crippen LogP contribution in [0.25, 0.3) is 0 Å². The summed E-state index contributed by atoms with van der Waals surface area (Å²) in [6.45, 7) is 10.4. The predicted molar refractivity (Wildman–Crippen MR) is 94.5 cm³/mol. The summed E-state index contributed by atoms with van der Waals surface area (Å²) in [4.78, 5) is 0. The van der Waals surface area contributed by atoms with Crippen molar-refractivity contribution < 1.29 is 0 Å². The van der Waals surface area contributed by atoms with Gasteiger partial charge in [-0.05, 0) is 84.9 Å². The van der Waals surface area contributed by atoms with Crippen LogP contribution in [0.3, 0.4) is 0 Å². The second kappa shape index (κ2) is 5.82. The third kappa shape index (κ3) is 2.15. The molecule has 4 aliphatic rings. The Labute approximate surface area is 138 Å².